The Bertz CT molecular complexity index is 468. The standard InChI is InChI=1S/C12H14F3N3O/c13-12(14,15)9-2-5-18(6-3-9)11(19)8-1-4-17-10(16)7-8/h1,4,7,9H,2-3,5-6H2,(H2,16,17). The lowest BCUT2D eigenvalue weighted by Gasteiger charge is -2.32. The van der Waals surface area contributed by atoms with Gasteiger partial charge in [0.1, 0.15) is 5.82 Å². The Morgan fingerprint density at radius 1 is 1.37 bits per heavy atom. The van der Waals surface area contributed by atoms with Crippen molar-refractivity contribution in [2.75, 3.05) is 18.8 Å². The number of piperidine rings is 1. The minimum atomic E-state index is -4.17. The van der Waals surface area contributed by atoms with Crippen molar-refractivity contribution in [3.05, 3.63) is 23.9 Å². The maximum Gasteiger partial charge on any atom is 0.391 e. The molecule has 0 radical (unpaired) electrons. The van der Waals surface area contributed by atoms with Crippen molar-refractivity contribution in [1.82, 2.24) is 9.88 Å². The number of pyridine rings is 1. The van der Waals surface area contributed by atoms with E-state index in [4.69, 9.17) is 5.73 Å². The summed E-state index contributed by atoms with van der Waals surface area (Å²) in [6.07, 6.45) is -2.85. The third-order valence-electron chi connectivity index (χ3n) is 3.27. The topological polar surface area (TPSA) is 59.2 Å². The molecule has 0 bridgehead atoms. The molecule has 2 rings (SSSR count). The molecule has 1 aliphatic rings. The zero-order chi connectivity index (χ0) is 14.0. The van der Waals surface area contributed by atoms with E-state index in [2.05, 4.69) is 4.98 Å². The highest BCUT2D eigenvalue weighted by atomic mass is 19.4. The molecule has 19 heavy (non-hydrogen) atoms. The average Bonchev–Trinajstić information content (AvgIpc) is 2.37. The molecule has 2 heterocycles. The fraction of sp³-hybridized carbons (Fsp3) is 0.500. The summed E-state index contributed by atoms with van der Waals surface area (Å²) in [7, 11) is 0. The molecule has 0 aliphatic carbocycles. The summed E-state index contributed by atoms with van der Waals surface area (Å²) in [5.41, 5.74) is 5.83. The number of halogens is 3. The number of rotatable bonds is 1. The third kappa shape index (κ3) is 3.15. The van der Waals surface area contributed by atoms with Crippen molar-refractivity contribution in [3.63, 3.8) is 0 Å². The van der Waals surface area contributed by atoms with Crippen molar-refractivity contribution >= 4 is 11.7 Å². The fourth-order valence-corrected chi connectivity index (χ4v) is 2.17. The van der Waals surface area contributed by atoms with Gasteiger partial charge in [-0.05, 0) is 25.0 Å². The van der Waals surface area contributed by atoms with Crippen molar-refractivity contribution in [2.24, 2.45) is 5.92 Å². The number of nitrogen functional groups attached to an aromatic ring is 1. The molecule has 0 unspecified atom stereocenters. The van der Waals surface area contributed by atoms with Crippen molar-refractivity contribution in [3.8, 4) is 0 Å². The minimum absolute atomic E-state index is 0.0458. The van der Waals surface area contributed by atoms with E-state index < -0.39 is 12.1 Å². The van der Waals surface area contributed by atoms with Gasteiger partial charge >= 0.3 is 6.18 Å². The van der Waals surface area contributed by atoms with E-state index in [-0.39, 0.29) is 37.7 Å². The van der Waals surface area contributed by atoms with E-state index in [1.807, 2.05) is 0 Å². The number of anilines is 1. The molecule has 1 saturated heterocycles. The van der Waals surface area contributed by atoms with Crippen LogP contribution in [0.1, 0.15) is 23.2 Å². The Morgan fingerprint density at radius 3 is 2.53 bits per heavy atom. The van der Waals surface area contributed by atoms with Gasteiger partial charge in [-0.3, -0.25) is 4.79 Å². The molecule has 0 saturated carbocycles. The summed E-state index contributed by atoms with van der Waals surface area (Å²) < 4.78 is 37.6. The van der Waals surface area contributed by atoms with Gasteiger partial charge in [0.05, 0.1) is 5.92 Å². The summed E-state index contributed by atoms with van der Waals surface area (Å²) in [4.78, 5) is 17.3. The quantitative estimate of drug-likeness (QED) is 0.852. The molecular weight excluding hydrogens is 259 g/mol. The van der Waals surface area contributed by atoms with E-state index >= 15 is 0 Å². The van der Waals surface area contributed by atoms with Crippen LogP contribution in [0.2, 0.25) is 0 Å². The van der Waals surface area contributed by atoms with Gasteiger partial charge in [0.15, 0.2) is 0 Å². The third-order valence-corrected chi connectivity index (χ3v) is 3.27. The molecule has 2 N–H and O–H groups in total. The summed E-state index contributed by atoms with van der Waals surface area (Å²) in [5, 5.41) is 0. The molecule has 0 spiro atoms. The highest BCUT2D eigenvalue weighted by molar-refractivity contribution is 5.94. The number of carbonyl (C=O) groups excluding carboxylic acids is 1. The first-order valence-electron chi connectivity index (χ1n) is 5.95. The van der Waals surface area contributed by atoms with Gasteiger partial charge in [-0.25, -0.2) is 4.98 Å². The van der Waals surface area contributed by atoms with Crippen molar-refractivity contribution in [2.45, 2.75) is 19.0 Å². The van der Waals surface area contributed by atoms with Gasteiger partial charge in [-0.1, -0.05) is 0 Å². The molecule has 0 aromatic carbocycles. The van der Waals surface area contributed by atoms with E-state index in [1.165, 1.54) is 23.2 Å². The lowest BCUT2D eigenvalue weighted by atomic mass is 9.96. The SMILES string of the molecule is Nc1cc(C(=O)N2CCC(C(F)(F)F)CC2)ccn1. The minimum Gasteiger partial charge on any atom is -0.384 e. The Balaban J connectivity index is 2.00. The number of nitrogens with zero attached hydrogens (tertiary/aromatic N) is 2. The Labute approximate surface area is 108 Å². The van der Waals surface area contributed by atoms with Gasteiger partial charge in [-0.2, -0.15) is 13.2 Å². The van der Waals surface area contributed by atoms with Gasteiger partial charge in [0, 0.05) is 24.8 Å². The fourth-order valence-electron chi connectivity index (χ4n) is 2.17. The van der Waals surface area contributed by atoms with Crippen molar-refractivity contribution < 1.29 is 18.0 Å². The predicted octanol–water partition coefficient (Wildman–Crippen LogP) is 2.08. The van der Waals surface area contributed by atoms with Gasteiger partial charge in [0.25, 0.3) is 5.91 Å². The van der Waals surface area contributed by atoms with Crippen LogP contribution in [0.25, 0.3) is 0 Å². The largest absolute Gasteiger partial charge is 0.391 e. The van der Waals surface area contributed by atoms with E-state index in [9.17, 15) is 18.0 Å². The lowest BCUT2D eigenvalue weighted by Crippen LogP contribution is -2.42. The highest BCUT2D eigenvalue weighted by Gasteiger charge is 2.41. The zero-order valence-electron chi connectivity index (χ0n) is 10.2. The van der Waals surface area contributed by atoms with E-state index in [0.29, 0.717) is 5.56 Å². The molecule has 104 valence electrons. The molecule has 0 atom stereocenters. The van der Waals surface area contributed by atoms with Gasteiger partial charge in [0.2, 0.25) is 0 Å². The number of alkyl halides is 3. The molecule has 1 fully saturated rings. The molecule has 1 aliphatic heterocycles. The van der Waals surface area contributed by atoms with E-state index in [1.54, 1.807) is 0 Å². The number of nitrogens with two attached hydrogens (primary N) is 1. The monoisotopic (exact) mass is 273 g/mol. The molecule has 1 aromatic rings. The second-order valence-corrected chi connectivity index (χ2v) is 4.58. The van der Waals surface area contributed by atoms with Gasteiger partial charge in [-0.15, -0.1) is 0 Å². The number of carbonyl (C=O) groups is 1. The molecule has 1 aromatic heterocycles. The molecule has 4 nitrogen and oxygen atoms in total. The number of hydrogen-bond acceptors (Lipinski definition) is 3. The number of hydrogen-bond donors (Lipinski definition) is 1. The highest BCUT2D eigenvalue weighted by Crippen LogP contribution is 2.34. The average molecular weight is 273 g/mol. The van der Waals surface area contributed by atoms with E-state index in [0.717, 1.165) is 0 Å². The smallest absolute Gasteiger partial charge is 0.384 e. The Kier molecular flexibility index (Phi) is 3.64. The second-order valence-electron chi connectivity index (χ2n) is 4.58. The van der Waals surface area contributed by atoms with Crippen molar-refractivity contribution in [1.29, 1.82) is 0 Å². The van der Waals surface area contributed by atoms with Crippen LogP contribution in [0, 0.1) is 5.92 Å². The van der Waals surface area contributed by atoms with Crippen LogP contribution >= 0.6 is 0 Å². The zero-order valence-corrected chi connectivity index (χ0v) is 10.2. The summed E-state index contributed by atoms with van der Waals surface area (Å²) >= 11 is 0. The number of aromatic nitrogens is 1. The Hall–Kier alpha value is -1.79. The van der Waals surface area contributed by atoms with Gasteiger partial charge < -0.3 is 10.6 Å². The summed E-state index contributed by atoms with van der Waals surface area (Å²) in [5.74, 6) is -1.38. The normalized spacial score (nSPS) is 17.5. The van der Waals surface area contributed by atoms with Crippen LogP contribution in [0.4, 0.5) is 19.0 Å². The second kappa shape index (κ2) is 5.07. The number of likely N-dealkylation sites (tertiary alicyclic amines) is 1. The van der Waals surface area contributed by atoms with Crippen LogP contribution in [0.5, 0.6) is 0 Å². The Morgan fingerprint density at radius 2 is 2.00 bits per heavy atom. The maximum absolute atomic E-state index is 12.5. The van der Waals surface area contributed by atoms with Crippen LogP contribution in [0.15, 0.2) is 18.3 Å². The molecule has 1 amide bonds. The molecule has 7 heteroatoms. The first-order valence-corrected chi connectivity index (χ1v) is 5.95. The van der Waals surface area contributed by atoms with Crippen LogP contribution in [-0.2, 0) is 0 Å². The van der Waals surface area contributed by atoms with Crippen LogP contribution in [0.3, 0.4) is 0 Å². The number of amides is 1. The van der Waals surface area contributed by atoms with Crippen LogP contribution in [-0.4, -0.2) is 35.1 Å². The first kappa shape index (κ1) is 13.6. The molecular formula is C12H14F3N3O. The predicted molar refractivity (Wildman–Crippen MR) is 63.3 cm³/mol. The summed E-state index contributed by atoms with van der Waals surface area (Å²) in [6.45, 7) is 0.233. The summed E-state index contributed by atoms with van der Waals surface area (Å²) in [6, 6.07) is 2.94. The lowest BCUT2D eigenvalue weighted by molar-refractivity contribution is -0.183. The maximum atomic E-state index is 12.5. The van der Waals surface area contributed by atoms with Crippen LogP contribution < -0.4 is 5.73 Å². The first-order chi connectivity index (χ1) is 8.88.